The zero-order chi connectivity index (χ0) is 10.7. The number of methoxy groups -OCH3 is 1. The molecule has 74 valence electrons. The van der Waals surface area contributed by atoms with Crippen molar-refractivity contribution in [3.05, 3.63) is 40.3 Å². The second-order valence-electron chi connectivity index (χ2n) is 2.45. The molecule has 0 spiro atoms. The number of ether oxygens (including phenoxy) is 1. The van der Waals surface area contributed by atoms with Gasteiger partial charge in [-0.3, -0.25) is 0 Å². The third kappa shape index (κ3) is 1.70. The molecule has 0 bridgehead atoms. The normalized spacial score (nSPS) is 9.57. The lowest BCUT2D eigenvalue weighted by Crippen LogP contribution is -2.33. The fourth-order valence-electron chi connectivity index (χ4n) is 0.941. The first kappa shape index (κ1) is 10.5. The Morgan fingerprint density at radius 2 is 2.36 bits per heavy atom. The molecule has 0 N–H and O–H groups in total. The number of carbonyl (C=O) groups is 1. The van der Waals surface area contributed by atoms with Gasteiger partial charge in [-0.15, -0.1) is 0 Å². The Morgan fingerprint density at radius 1 is 1.71 bits per heavy atom. The molecule has 0 saturated heterocycles. The molecule has 1 rings (SSSR count). The summed E-state index contributed by atoms with van der Waals surface area (Å²) in [6, 6.07) is 2.86. The van der Waals surface area contributed by atoms with Gasteiger partial charge in [0.05, 0.1) is 7.11 Å². The topological polar surface area (TPSA) is 53.2 Å². The van der Waals surface area contributed by atoms with Crippen molar-refractivity contribution in [3.63, 3.8) is 0 Å². The van der Waals surface area contributed by atoms with Crippen LogP contribution < -0.4 is 4.73 Å². The van der Waals surface area contributed by atoms with Crippen LogP contribution in [0.3, 0.4) is 0 Å². The lowest BCUT2D eigenvalue weighted by molar-refractivity contribution is -0.605. The maximum Gasteiger partial charge on any atom is 0.345 e. The SMILES string of the molecule is C=Cc1ccc(C(=O)OC)c(Cl)[n+]1[O-]. The number of rotatable bonds is 2. The first-order valence-electron chi connectivity index (χ1n) is 3.74. The van der Waals surface area contributed by atoms with Gasteiger partial charge in [-0.25, -0.2) is 4.79 Å². The first-order valence-corrected chi connectivity index (χ1v) is 4.12. The summed E-state index contributed by atoms with van der Waals surface area (Å²) >= 11 is 5.65. The molecule has 0 atom stereocenters. The number of carbonyl (C=O) groups excluding carboxylic acids is 1. The fourth-order valence-corrected chi connectivity index (χ4v) is 1.18. The minimum Gasteiger partial charge on any atom is -0.617 e. The van der Waals surface area contributed by atoms with Gasteiger partial charge >= 0.3 is 11.1 Å². The van der Waals surface area contributed by atoms with Gasteiger partial charge in [0, 0.05) is 12.1 Å². The molecule has 14 heavy (non-hydrogen) atoms. The van der Waals surface area contributed by atoms with Crippen molar-refractivity contribution in [2.75, 3.05) is 7.11 Å². The Bertz CT molecular complexity index is 390. The average Bonchev–Trinajstić information content (AvgIpc) is 2.21. The molecule has 1 heterocycles. The molecule has 0 aliphatic carbocycles. The number of nitrogens with zero attached hydrogens (tertiary/aromatic N) is 1. The van der Waals surface area contributed by atoms with E-state index in [2.05, 4.69) is 11.3 Å². The zero-order valence-electron chi connectivity index (χ0n) is 7.49. The van der Waals surface area contributed by atoms with Gasteiger partial charge in [-0.05, 0) is 17.7 Å². The van der Waals surface area contributed by atoms with Gasteiger partial charge < -0.3 is 9.94 Å². The summed E-state index contributed by atoms with van der Waals surface area (Å²) in [5, 5.41) is 11.1. The number of esters is 1. The second kappa shape index (κ2) is 4.11. The van der Waals surface area contributed by atoms with Crippen LogP contribution in [0.25, 0.3) is 6.08 Å². The molecule has 5 heteroatoms. The van der Waals surface area contributed by atoms with Crippen molar-refractivity contribution in [2.24, 2.45) is 0 Å². The van der Waals surface area contributed by atoms with Crippen molar-refractivity contribution in [1.82, 2.24) is 0 Å². The molecule has 0 radical (unpaired) electrons. The molecule has 4 nitrogen and oxygen atoms in total. The lowest BCUT2D eigenvalue weighted by Gasteiger charge is -2.05. The Balaban J connectivity index is 3.30. The molecular formula is C9H8ClNO3. The number of pyridine rings is 1. The Kier molecular flexibility index (Phi) is 3.09. The molecule has 0 fully saturated rings. The van der Waals surface area contributed by atoms with Gasteiger partial charge in [-0.1, -0.05) is 6.58 Å². The van der Waals surface area contributed by atoms with Gasteiger partial charge in [0.25, 0.3) is 0 Å². The van der Waals surface area contributed by atoms with Gasteiger partial charge in [-0.2, -0.15) is 4.73 Å². The lowest BCUT2D eigenvalue weighted by atomic mass is 10.2. The van der Waals surface area contributed by atoms with Crippen LogP contribution in [0.15, 0.2) is 18.7 Å². The Hall–Kier alpha value is -1.55. The predicted molar refractivity (Wildman–Crippen MR) is 51.8 cm³/mol. The predicted octanol–water partition coefficient (Wildman–Crippen LogP) is 1.40. The minimum absolute atomic E-state index is 0.0368. The Labute approximate surface area is 86.0 Å². The highest BCUT2D eigenvalue weighted by molar-refractivity contribution is 6.31. The van der Waals surface area contributed by atoms with Gasteiger partial charge in [0.15, 0.2) is 0 Å². The van der Waals surface area contributed by atoms with E-state index in [9.17, 15) is 10.0 Å². The van der Waals surface area contributed by atoms with E-state index in [4.69, 9.17) is 11.6 Å². The monoisotopic (exact) mass is 213 g/mol. The number of hydrogen-bond donors (Lipinski definition) is 0. The van der Waals surface area contributed by atoms with Crippen LogP contribution in [-0.4, -0.2) is 13.1 Å². The molecule has 1 aromatic rings. The summed E-state index contributed by atoms with van der Waals surface area (Å²) in [7, 11) is 1.22. The van der Waals surface area contributed by atoms with E-state index in [-0.39, 0.29) is 16.4 Å². The van der Waals surface area contributed by atoms with Crippen LogP contribution in [0.2, 0.25) is 5.15 Å². The largest absolute Gasteiger partial charge is 0.617 e. The van der Waals surface area contributed by atoms with Gasteiger partial charge in [0.1, 0.15) is 5.56 Å². The molecule has 0 aliphatic heterocycles. The highest BCUT2D eigenvalue weighted by Crippen LogP contribution is 2.13. The zero-order valence-corrected chi connectivity index (χ0v) is 8.25. The average molecular weight is 214 g/mol. The van der Waals surface area contributed by atoms with Crippen LogP contribution in [0, 0.1) is 5.21 Å². The summed E-state index contributed by atoms with van der Waals surface area (Å²) in [5.41, 5.74) is 0.317. The van der Waals surface area contributed by atoms with Gasteiger partial charge in [0.2, 0.25) is 5.69 Å². The van der Waals surface area contributed by atoms with E-state index in [0.29, 0.717) is 4.73 Å². The van der Waals surface area contributed by atoms with E-state index >= 15 is 0 Å². The summed E-state index contributed by atoms with van der Waals surface area (Å²) < 4.78 is 4.86. The smallest absolute Gasteiger partial charge is 0.345 e. The quantitative estimate of drug-likeness (QED) is 0.323. The van der Waals surface area contributed by atoms with Crippen molar-refractivity contribution < 1.29 is 14.3 Å². The highest BCUT2D eigenvalue weighted by Gasteiger charge is 2.19. The number of aromatic nitrogens is 1. The molecule has 0 amide bonds. The van der Waals surface area contributed by atoms with E-state index in [0.717, 1.165) is 0 Å². The van der Waals surface area contributed by atoms with Crippen LogP contribution in [0.1, 0.15) is 16.1 Å². The molecular weight excluding hydrogens is 206 g/mol. The molecule has 1 aromatic heterocycles. The van der Waals surface area contributed by atoms with Crippen LogP contribution >= 0.6 is 11.6 Å². The number of halogens is 1. The highest BCUT2D eigenvalue weighted by atomic mass is 35.5. The van der Waals surface area contributed by atoms with Crippen molar-refractivity contribution in [3.8, 4) is 0 Å². The van der Waals surface area contributed by atoms with Crippen LogP contribution in [0.5, 0.6) is 0 Å². The van der Waals surface area contributed by atoms with Crippen molar-refractivity contribution in [1.29, 1.82) is 0 Å². The van der Waals surface area contributed by atoms with Crippen molar-refractivity contribution >= 4 is 23.6 Å². The first-order chi connectivity index (χ1) is 6.61. The summed E-state index contributed by atoms with van der Waals surface area (Å²) in [4.78, 5) is 11.1. The maximum atomic E-state index is 11.3. The third-order valence-corrected chi connectivity index (χ3v) is 2.03. The molecule has 0 aliphatic rings. The molecule has 0 saturated carbocycles. The minimum atomic E-state index is -0.643. The van der Waals surface area contributed by atoms with E-state index in [1.54, 1.807) is 0 Å². The van der Waals surface area contributed by atoms with Crippen LogP contribution in [0.4, 0.5) is 0 Å². The standard InChI is InChI=1S/C9H8ClNO3/c1-3-6-4-5-7(9(12)14-2)8(10)11(6)13/h3-5H,1H2,2H3. The third-order valence-electron chi connectivity index (χ3n) is 1.67. The molecule has 0 aromatic carbocycles. The van der Waals surface area contributed by atoms with E-state index < -0.39 is 5.97 Å². The maximum absolute atomic E-state index is 11.3. The summed E-state index contributed by atoms with van der Waals surface area (Å²) in [5.74, 6) is -0.643. The second-order valence-corrected chi connectivity index (χ2v) is 2.81. The molecule has 0 unspecified atom stereocenters. The Morgan fingerprint density at radius 3 is 2.86 bits per heavy atom. The summed E-state index contributed by atoms with van der Waals surface area (Å²) in [6.45, 7) is 3.43. The van der Waals surface area contributed by atoms with E-state index in [1.807, 2.05) is 0 Å². The fraction of sp³-hybridized carbons (Fsp3) is 0.111. The van der Waals surface area contributed by atoms with E-state index in [1.165, 1.54) is 25.3 Å². The number of hydrogen-bond acceptors (Lipinski definition) is 3. The van der Waals surface area contributed by atoms with Crippen molar-refractivity contribution in [2.45, 2.75) is 0 Å². The summed E-state index contributed by atoms with van der Waals surface area (Å²) in [6.07, 6.45) is 1.35. The van der Waals surface area contributed by atoms with Crippen LogP contribution in [-0.2, 0) is 4.74 Å².